The molecule has 0 aromatic carbocycles. The summed E-state index contributed by atoms with van der Waals surface area (Å²) in [6, 6.07) is 1.26. The van der Waals surface area contributed by atoms with Crippen molar-refractivity contribution in [3.05, 3.63) is 23.7 Å². The molecule has 0 bridgehead atoms. The first-order valence-electron chi connectivity index (χ1n) is 6.81. The zero-order valence-electron chi connectivity index (χ0n) is 12.1. The Balaban J connectivity index is 2.21. The van der Waals surface area contributed by atoms with E-state index >= 15 is 0 Å². The van der Waals surface area contributed by atoms with Gasteiger partial charge in [-0.25, -0.2) is 14.3 Å². The van der Waals surface area contributed by atoms with Crippen molar-refractivity contribution in [1.29, 1.82) is 0 Å². The topological polar surface area (TPSA) is 163 Å². The molecule has 1 aliphatic rings. The van der Waals surface area contributed by atoms with Crippen molar-refractivity contribution in [3.63, 3.8) is 0 Å². The highest BCUT2D eigenvalue weighted by Crippen LogP contribution is 2.42. The highest BCUT2D eigenvalue weighted by molar-refractivity contribution is 5.99. The van der Waals surface area contributed by atoms with E-state index in [2.05, 4.69) is 10.1 Å². The number of ether oxygens (including phenoxy) is 1. The van der Waals surface area contributed by atoms with Crippen LogP contribution in [-0.2, 0) is 4.74 Å². The molecule has 3 heterocycles. The molecule has 124 valence electrons. The third-order valence-electron chi connectivity index (χ3n) is 4.08. The Morgan fingerprint density at radius 1 is 1.57 bits per heavy atom. The molecule has 0 saturated carbocycles. The summed E-state index contributed by atoms with van der Waals surface area (Å²) in [6.07, 6.45) is -2.32. The second-order valence-corrected chi connectivity index (χ2v) is 5.60. The molecule has 6 N–H and O–H groups in total. The molecule has 0 aliphatic carbocycles. The lowest BCUT2D eigenvalue weighted by Gasteiger charge is -2.26. The Morgan fingerprint density at radius 2 is 2.26 bits per heavy atom. The minimum Gasteiger partial charge on any atom is -0.478 e. The number of rotatable bonds is 3. The van der Waals surface area contributed by atoms with E-state index in [9.17, 15) is 25.2 Å². The number of carbonyl (C=O) groups is 1. The monoisotopic (exact) mass is 324 g/mol. The normalized spacial score (nSPS) is 30.9. The van der Waals surface area contributed by atoms with Crippen LogP contribution < -0.4 is 5.73 Å². The number of fused-ring (bicyclic) bond motifs is 1. The molecule has 10 heteroatoms. The largest absolute Gasteiger partial charge is 0.478 e. The summed E-state index contributed by atoms with van der Waals surface area (Å²) in [7, 11) is 0. The molecule has 2 aromatic rings. The van der Waals surface area contributed by atoms with Crippen molar-refractivity contribution in [2.24, 2.45) is 0 Å². The standard InChI is InChI=1S/C13H16N4O6/c1-13(22)9(19)7(3-18)23-10(13)6-2-5(12(20)21)8-11(14)15-4-16-17(6)8/h2,4,7,9-10,18-19,22H,3H2,1H3,(H,20,21)(H2,14,15,16)/t7-,9?,10+,13-/m1/s1. The number of carboxylic acid groups (broad SMARTS) is 1. The molecule has 1 fully saturated rings. The molecule has 10 nitrogen and oxygen atoms in total. The summed E-state index contributed by atoms with van der Waals surface area (Å²) >= 11 is 0. The highest BCUT2D eigenvalue weighted by Gasteiger charge is 2.53. The lowest BCUT2D eigenvalue weighted by atomic mass is 9.91. The minimum atomic E-state index is -1.75. The molecule has 0 amide bonds. The van der Waals surface area contributed by atoms with Gasteiger partial charge < -0.3 is 30.9 Å². The number of carboxylic acids is 1. The molecule has 2 aromatic heterocycles. The van der Waals surface area contributed by atoms with Gasteiger partial charge in [0, 0.05) is 0 Å². The predicted octanol–water partition coefficient (Wildman–Crippen LogP) is -1.45. The van der Waals surface area contributed by atoms with E-state index in [1.165, 1.54) is 17.5 Å². The summed E-state index contributed by atoms with van der Waals surface area (Å²) in [5, 5.41) is 43.1. The lowest BCUT2D eigenvalue weighted by molar-refractivity contribution is -0.0664. The number of nitrogen functional groups attached to an aromatic ring is 1. The van der Waals surface area contributed by atoms with Crippen molar-refractivity contribution in [3.8, 4) is 0 Å². The fourth-order valence-corrected chi connectivity index (χ4v) is 2.87. The average molecular weight is 324 g/mol. The molecule has 4 atom stereocenters. The number of aliphatic hydroxyl groups is 3. The zero-order valence-corrected chi connectivity index (χ0v) is 12.1. The first-order chi connectivity index (χ1) is 10.8. The molecule has 0 spiro atoms. The molecule has 3 rings (SSSR count). The van der Waals surface area contributed by atoms with Gasteiger partial charge in [0.2, 0.25) is 0 Å². The van der Waals surface area contributed by atoms with Crippen LogP contribution in [0.25, 0.3) is 5.52 Å². The fraction of sp³-hybridized carbons (Fsp3) is 0.462. The van der Waals surface area contributed by atoms with E-state index < -0.39 is 36.5 Å². The Labute approximate surface area is 129 Å². The molecule has 1 aliphatic heterocycles. The third kappa shape index (κ3) is 2.15. The van der Waals surface area contributed by atoms with Crippen LogP contribution in [0.3, 0.4) is 0 Å². The van der Waals surface area contributed by atoms with Gasteiger partial charge in [-0.2, -0.15) is 5.10 Å². The van der Waals surface area contributed by atoms with Crippen LogP contribution in [0, 0.1) is 0 Å². The van der Waals surface area contributed by atoms with Crippen molar-refractivity contribution < 1.29 is 30.0 Å². The molecule has 23 heavy (non-hydrogen) atoms. The third-order valence-corrected chi connectivity index (χ3v) is 4.08. The zero-order chi connectivity index (χ0) is 16.9. The summed E-state index contributed by atoms with van der Waals surface area (Å²) in [5.41, 5.74) is 4.07. The molecule has 1 saturated heterocycles. The van der Waals surface area contributed by atoms with Gasteiger partial charge in [-0.05, 0) is 13.0 Å². The maximum Gasteiger partial charge on any atom is 0.338 e. The van der Waals surface area contributed by atoms with Crippen LogP contribution in [0.1, 0.15) is 29.1 Å². The number of aromatic nitrogens is 3. The minimum absolute atomic E-state index is 0.0412. The summed E-state index contributed by atoms with van der Waals surface area (Å²) < 4.78 is 6.71. The first kappa shape index (κ1) is 15.6. The van der Waals surface area contributed by atoms with E-state index in [0.29, 0.717) is 0 Å². The quantitative estimate of drug-likeness (QED) is 0.454. The molecular weight excluding hydrogens is 308 g/mol. The highest BCUT2D eigenvalue weighted by atomic mass is 16.6. The lowest BCUT2D eigenvalue weighted by Crippen LogP contribution is -2.43. The van der Waals surface area contributed by atoms with Gasteiger partial charge in [-0.3, -0.25) is 0 Å². The van der Waals surface area contributed by atoms with E-state index in [0.717, 1.165) is 6.33 Å². The second kappa shape index (κ2) is 5.13. The number of hydrogen-bond acceptors (Lipinski definition) is 8. The summed E-state index contributed by atoms with van der Waals surface area (Å²) in [5.74, 6) is -1.28. The second-order valence-electron chi connectivity index (χ2n) is 5.60. The van der Waals surface area contributed by atoms with Crippen LogP contribution >= 0.6 is 0 Å². The first-order valence-corrected chi connectivity index (χ1v) is 6.81. The van der Waals surface area contributed by atoms with Gasteiger partial charge in [0.1, 0.15) is 35.8 Å². The van der Waals surface area contributed by atoms with Crippen LogP contribution in [0.4, 0.5) is 5.82 Å². The van der Waals surface area contributed by atoms with Crippen LogP contribution in [0.15, 0.2) is 12.4 Å². The van der Waals surface area contributed by atoms with Crippen LogP contribution in [0.5, 0.6) is 0 Å². The maximum absolute atomic E-state index is 11.4. The van der Waals surface area contributed by atoms with Crippen molar-refractivity contribution in [2.45, 2.75) is 30.8 Å². The van der Waals surface area contributed by atoms with Crippen LogP contribution in [-0.4, -0.2) is 65.4 Å². The average Bonchev–Trinajstić information content (AvgIpc) is 2.97. The smallest absolute Gasteiger partial charge is 0.338 e. The van der Waals surface area contributed by atoms with Gasteiger partial charge in [-0.1, -0.05) is 0 Å². The van der Waals surface area contributed by atoms with Crippen LogP contribution in [0.2, 0.25) is 0 Å². The van der Waals surface area contributed by atoms with Gasteiger partial charge in [0.25, 0.3) is 0 Å². The van der Waals surface area contributed by atoms with E-state index in [1.54, 1.807) is 0 Å². The number of aliphatic hydroxyl groups excluding tert-OH is 2. The summed E-state index contributed by atoms with van der Waals surface area (Å²) in [4.78, 5) is 15.2. The van der Waals surface area contributed by atoms with Gasteiger partial charge >= 0.3 is 5.97 Å². The number of anilines is 1. The Bertz CT molecular complexity index is 773. The van der Waals surface area contributed by atoms with Crippen molar-refractivity contribution in [2.75, 3.05) is 12.3 Å². The van der Waals surface area contributed by atoms with Gasteiger partial charge in [0.05, 0.1) is 17.9 Å². The SMILES string of the molecule is C[C@@]1(O)C(O)[C@@H](CO)O[C@H]1c1cc(C(=O)O)c2c(N)ncnn12. The predicted molar refractivity (Wildman–Crippen MR) is 75.7 cm³/mol. The summed E-state index contributed by atoms with van der Waals surface area (Å²) in [6.45, 7) is 0.836. The van der Waals surface area contributed by atoms with Gasteiger partial charge in [0.15, 0.2) is 5.82 Å². The molecular formula is C13H16N4O6. The number of hydrogen-bond donors (Lipinski definition) is 5. The number of aromatic carboxylic acids is 1. The van der Waals surface area contributed by atoms with E-state index in [-0.39, 0.29) is 22.6 Å². The van der Waals surface area contributed by atoms with Gasteiger partial charge in [-0.15, -0.1) is 0 Å². The van der Waals surface area contributed by atoms with E-state index in [1.807, 2.05) is 0 Å². The van der Waals surface area contributed by atoms with Crippen molar-refractivity contribution in [1.82, 2.24) is 14.6 Å². The number of nitrogens with two attached hydrogens (primary N) is 1. The molecule has 0 radical (unpaired) electrons. The van der Waals surface area contributed by atoms with E-state index in [4.69, 9.17) is 10.5 Å². The Hall–Kier alpha value is -2.27. The molecule has 1 unspecified atom stereocenters. The van der Waals surface area contributed by atoms with Crippen molar-refractivity contribution >= 4 is 17.3 Å². The Kier molecular flexibility index (Phi) is 3.48. The number of nitrogens with zero attached hydrogens (tertiary/aromatic N) is 3. The maximum atomic E-state index is 11.4. The fourth-order valence-electron chi connectivity index (χ4n) is 2.87. The Morgan fingerprint density at radius 3 is 2.83 bits per heavy atom.